The number of hydrogen-bond donors (Lipinski definition) is 1. The lowest BCUT2D eigenvalue weighted by molar-refractivity contribution is -0.139. The van der Waals surface area contributed by atoms with Crippen LogP contribution in [0, 0.1) is 0 Å². The third-order valence-electron chi connectivity index (χ3n) is 4.34. The van der Waals surface area contributed by atoms with E-state index >= 15 is 0 Å². The molecule has 1 atom stereocenters. The molecule has 1 N–H and O–H groups in total. The molecule has 1 aromatic heterocycles. The maximum absolute atomic E-state index is 12.8. The van der Waals surface area contributed by atoms with Crippen molar-refractivity contribution < 1.29 is 24.2 Å². The van der Waals surface area contributed by atoms with Crippen LogP contribution in [0.3, 0.4) is 0 Å². The van der Waals surface area contributed by atoms with Crippen LogP contribution in [0.4, 0.5) is 0 Å². The minimum Gasteiger partial charge on any atom is -0.481 e. The van der Waals surface area contributed by atoms with Gasteiger partial charge in [-0.3, -0.25) is 9.59 Å². The highest BCUT2D eigenvalue weighted by molar-refractivity contribution is 5.95. The Morgan fingerprint density at radius 1 is 1.29 bits per heavy atom. The highest BCUT2D eigenvalue weighted by Gasteiger charge is 2.36. The Morgan fingerprint density at radius 2 is 2.08 bits per heavy atom. The molecule has 8 heteroatoms. The van der Waals surface area contributed by atoms with Crippen molar-refractivity contribution in [2.24, 2.45) is 7.05 Å². The van der Waals surface area contributed by atoms with Crippen LogP contribution >= 0.6 is 0 Å². The van der Waals surface area contributed by atoms with Gasteiger partial charge in [-0.1, -0.05) is 0 Å². The number of hydrogen-bond acceptors (Lipinski definition) is 5. The van der Waals surface area contributed by atoms with Gasteiger partial charge in [0.05, 0.1) is 24.3 Å². The molecule has 4 rings (SSSR count). The standard InChI is InChI=1S/C16H15N3O5/c1-18-7-17-11-6-19(5-10(14(11)18)16(21)22)15(20)9-2-3-12-13(4-9)24-8-23-12/h2-4,7,10H,5-6,8H2,1H3,(H,21,22). The predicted molar refractivity (Wildman–Crippen MR) is 80.9 cm³/mol. The lowest BCUT2D eigenvalue weighted by Gasteiger charge is -2.31. The van der Waals surface area contributed by atoms with Crippen molar-refractivity contribution in [3.63, 3.8) is 0 Å². The van der Waals surface area contributed by atoms with Gasteiger partial charge in [-0.2, -0.15) is 0 Å². The fraction of sp³-hybridized carbons (Fsp3) is 0.312. The molecule has 0 saturated heterocycles. The van der Waals surface area contributed by atoms with Crippen molar-refractivity contribution in [1.82, 2.24) is 14.5 Å². The average molecular weight is 329 g/mol. The Kier molecular flexibility index (Phi) is 3.19. The molecule has 0 radical (unpaired) electrons. The first-order chi connectivity index (χ1) is 11.5. The van der Waals surface area contributed by atoms with Crippen LogP contribution in [-0.2, 0) is 18.4 Å². The van der Waals surface area contributed by atoms with E-state index in [2.05, 4.69) is 4.98 Å². The highest BCUT2D eigenvalue weighted by Crippen LogP contribution is 2.34. The number of imidazole rings is 1. The molecule has 0 fully saturated rings. The predicted octanol–water partition coefficient (Wildman–Crippen LogP) is 0.973. The summed E-state index contributed by atoms with van der Waals surface area (Å²) >= 11 is 0. The van der Waals surface area contributed by atoms with Crippen LogP contribution in [0.5, 0.6) is 11.5 Å². The average Bonchev–Trinajstić information content (AvgIpc) is 3.19. The van der Waals surface area contributed by atoms with Gasteiger partial charge in [0, 0.05) is 19.2 Å². The Hall–Kier alpha value is -3.03. The molecule has 0 aliphatic carbocycles. The molecule has 2 aliphatic heterocycles. The lowest BCUT2D eigenvalue weighted by atomic mass is 9.97. The lowest BCUT2D eigenvalue weighted by Crippen LogP contribution is -2.41. The molecule has 0 spiro atoms. The van der Waals surface area contributed by atoms with Gasteiger partial charge in [0.2, 0.25) is 6.79 Å². The number of aromatic nitrogens is 2. The van der Waals surface area contributed by atoms with Crippen molar-refractivity contribution >= 4 is 11.9 Å². The van der Waals surface area contributed by atoms with Gasteiger partial charge in [0.25, 0.3) is 5.91 Å². The minimum absolute atomic E-state index is 0.106. The summed E-state index contributed by atoms with van der Waals surface area (Å²) in [5.74, 6) is -0.898. The van der Waals surface area contributed by atoms with E-state index in [-0.39, 0.29) is 25.8 Å². The van der Waals surface area contributed by atoms with E-state index in [1.807, 2.05) is 0 Å². The van der Waals surface area contributed by atoms with E-state index < -0.39 is 11.9 Å². The van der Waals surface area contributed by atoms with Gasteiger partial charge in [-0.15, -0.1) is 0 Å². The monoisotopic (exact) mass is 329 g/mol. The number of carbonyl (C=O) groups is 2. The molecule has 3 heterocycles. The van der Waals surface area contributed by atoms with Gasteiger partial charge in [-0.25, -0.2) is 4.98 Å². The summed E-state index contributed by atoms with van der Waals surface area (Å²) in [6.45, 7) is 0.525. The number of nitrogens with zero attached hydrogens (tertiary/aromatic N) is 3. The fourth-order valence-electron chi connectivity index (χ4n) is 3.17. The largest absolute Gasteiger partial charge is 0.481 e. The molecule has 0 bridgehead atoms. The summed E-state index contributed by atoms with van der Waals surface area (Å²) in [5, 5.41) is 9.51. The third kappa shape index (κ3) is 2.18. The van der Waals surface area contributed by atoms with Gasteiger partial charge in [0.15, 0.2) is 11.5 Å². The van der Waals surface area contributed by atoms with Crippen molar-refractivity contribution in [2.45, 2.75) is 12.5 Å². The van der Waals surface area contributed by atoms with Crippen LogP contribution < -0.4 is 9.47 Å². The number of aliphatic carboxylic acids is 1. The van der Waals surface area contributed by atoms with E-state index in [9.17, 15) is 14.7 Å². The zero-order valence-corrected chi connectivity index (χ0v) is 12.9. The van der Waals surface area contributed by atoms with Crippen LogP contribution in [-0.4, -0.2) is 44.8 Å². The molecule has 0 saturated carbocycles. The van der Waals surface area contributed by atoms with Crippen LogP contribution in [0.15, 0.2) is 24.5 Å². The summed E-state index contributed by atoms with van der Waals surface area (Å²) < 4.78 is 12.2. The zero-order chi connectivity index (χ0) is 16.8. The van der Waals surface area contributed by atoms with Gasteiger partial charge >= 0.3 is 5.97 Å². The minimum atomic E-state index is -0.969. The van der Waals surface area contributed by atoms with Crippen LogP contribution in [0.1, 0.15) is 27.7 Å². The molecule has 2 aliphatic rings. The molecule has 1 aromatic carbocycles. The van der Waals surface area contributed by atoms with Crippen molar-refractivity contribution in [2.75, 3.05) is 13.3 Å². The van der Waals surface area contributed by atoms with Crippen molar-refractivity contribution in [3.8, 4) is 11.5 Å². The van der Waals surface area contributed by atoms with Gasteiger partial charge < -0.3 is 24.0 Å². The number of fused-ring (bicyclic) bond motifs is 2. The molecule has 1 amide bonds. The van der Waals surface area contributed by atoms with Gasteiger partial charge in [-0.05, 0) is 18.2 Å². The summed E-state index contributed by atoms with van der Waals surface area (Å²) in [6, 6.07) is 4.95. The van der Waals surface area contributed by atoms with E-state index in [1.165, 1.54) is 4.90 Å². The molecule has 24 heavy (non-hydrogen) atoms. The van der Waals surface area contributed by atoms with Gasteiger partial charge in [0.1, 0.15) is 5.92 Å². The Labute approximate surface area is 137 Å². The summed E-state index contributed by atoms with van der Waals surface area (Å²) in [4.78, 5) is 30.1. The maximum atomic E-state index is 12.8. The van der Waals surface area contributed by atoms with E-state index in [1.54, 1.807) is 36.1 Å². The summed E-state index contributed by atoms with van der Waals surface area (Å²) in [6.07, 6.45) is 1.58. The highest BCUT2D eigenvalue weighted by atomic mass is 16.7. The first-order valence-electron chi connectivity index (χ1n) is 7.46. The molecule has 124 valence electrons. The molecular weight excluding hydrogens is 314 g/mol. The smallest absolute Gasteiger partial charge is 0.314 e. The number of amides is 1. The second kappa shape index (κ2) is 5.26. The topological polar surface area (TPSA) is 93.9 Å². The number of carboxylic acids is 1. The number of carbonyl (C=O) groups excluding carboxylic acids is 1. The maximum Gasteiger partial charge on any atom is 0.314 e. The molecule has 1 unspecified atom stereocenters. The van der Waals surface area contributed by atoms with E-state index in [0.29, 0.717) is 28.5 Å². The number of carboxylic acid groups (broad SMARTS) is 1. The van der Waals surface area contributed by atoms with Crippen LogP contribution in [0.2, 0.25) is 0 Å². The zero-order valence-electron chi connectivity index (χ0n) is 12.9. The second-order valence-electron chi connectivity index (χ2n) is 5.83. The van der Waals surface area contributed by atoms with Crippen LogP contribution in [0.25, 0.3) is 0 Å². The Bertz CT molecular complexity index is 844. The van der Waals surface area contributed by atoms with E-state index in [4.69, 9.17) is 9.47 Å². The Morgan fingerprint density at radius 3 is 2.88 bits per heavy atom. The first kappa shape index (κ1) is 14.6. The Balaban J connectivity index is 1.65. The quantitative estimate of drug-likeness (QED) is 0.882. The first-order valence-corrected chi connectivity index (χ1v) is 7.46. The number of rotatable bonds is 2. The summed E-state index contributed by atoms with van der Waals surface area (Å²) in [5.41, 5.74) is 1.70. The van der Waals surface area contributed by atoms with Crippen molar-refractivity contribution in [1.29, 1.82) is 0 Å². The summed E-state index contributed by atoms with van der Waals surface area (Å²) in [7, 11) is 1.76. The fourth-order valence-corrected chi connectivity index (χ4v) is 3.17. The van der Waals surface area contributed by atoms with E-state index in [0.717, 1.165) is 0 Å². The second-order valence-corrected chi connectivity index (χ2v) is 5.83. The number of aryl methyl sites for hydroxylation is 1. The SMILES string of the molecule is Cn1cnc2c1C(C(=O)O)CN(C(=O)c1ccc3c(c1)OCO3)C2. The normalized spacial score (nSPS) is 18.4. The molecular formula is C16H15N3O5. The number of ether oxygens (including phenoxy) is 2. The molecule has 8 nitrogen and oxygen atoms in total. The van der Waals surface area contributed by atoms with Crippen molar-refractivity contribution in [3.05, 3.63) is 41.5 Å². The number of benzene rings is 1. The third-order valence-corrected chi connectivity index (χ3v) is 4.34. The molecule has 2 aromatic rings.